The van der Waals surface area contributed by atoms with Crippen LogP contribution >= 0.6 is 11.3 Å². The van der Waals surface area contributed by atoms with E-state index < -0.39 is 5.95 Å². The van der Waals surface area contributed by atoms with Crippen LogP contribution in [0.25, 0.3) is 0 Å². The molecule has 20 heavy (non-hydrogen) atoms. The molecule has 0 aliphatic rings. The van der Waals surface area contributed by atoms with Gasteiger partial charge in [-0.15, -0.1) is 11.3 Å². The van der Waals surface area contributed by atoms with E-state index in [0.717, 1.165) is 11.4 Å². The van der Waals surface area contributed by atoms with Gasteiger partial charge in [0.2, 0.25) is 11.9 Å². The van der Waals surface area contributed by atoms with E-state index in [1.165, 1.54) is 30.5 Å². The molecule has 2 aromatic rings. The highest BCUT2D eigenvalue weighted by molar-refractivity contribution is 7.14. The lowest BCUT2D eigenvalue weighted by Crippen LogP contribution is -2.27. The van der Waals surface area contributed by atoms with Gasteiger partial charge in [0.05, 0.1) is 24.1 Å². The fourth-order valence-electron chi connectivity index (χ4n) is 1.67. The number of nitrogens with one attached hydrogen (secondary N) is 1. The van der Waals surface area contributed by atoms with Crippen molar-refractivity contribution in [1.29, 1.82) is 0 Å². The molecule has 106 valence electrons. The third-order valence-corrected chi connectivity index (χ3v) is 3.58. The molecule has 0 aromatic carbocycles. The van der Waals surface area contributed by atoms with Gasteiger partial charge in [0.25, 0.3) is 0 Å². The summed E-state index contributed by atoms with van der Waals surface area (Å²) in [7, 11) is 0. The van der Waals surface area contributed by atoms with Crippen LogP contribution in [0, 0.1) is 5.95 Å². The fraction of sp³-hybridized carbons (Fsp3) is 0.308. The molecule has 2 aromatic heterocycles. The van der Waals surface area contributed by atoms with E-state index in [4.69, 9.17) is 0 Å². The number of aromatic nitrogens is 2. The molecule has 1 amide bonds. The SMILES string of the molecule is CCN(C(C)=O)c1nc(CNc2ccc(F)nc2)cs1. The highest BCUT2D eigenvalue weighted by Gasteiger charge is 2.13. The molecular weight excluding hydrogens is 279 g/mol. The number of rotatable bonds is 5. The first-order valence-corrected chi connectivity index (χ1v) is 7.06. The average molecular weight is 294 g/mol. The topological polar surface area (TPSA) is 58.1 Å². The minimum Gasteiger partial charge on any atom is -0.378 e. The van der Waals surface area contributed by atoms with Gasteiger partial charge < -0.3 is 5.32 Å². The summed E-state index contributed by atoms with van der Waals surface area (Å²) in [6, 6.07) is 2.91. The number of anilines is 2. The van der Waals surface area contributed by atoms with Crippen LogP contribution in [0.4, 0.5) is 15.2 Å². The molecule has 0 fully saturated rings. The summed E-state index contributed by atoms with van der Waals surface area (Å²) in [5.74, 6) is -0.532. The van der Waals surface area contributed by atoms with E-state index in [-0.39, 0.29) is 5.91 Å². The zero-order chi connectivity index (χ0) is 14.5. The smallest absolute Gasteiger partial charge is 0.225 e. The third kappa shape index (κ3) is 3.51. The van der Waals surface area contributed by atoms with Gasteiger partial charge in [-0.05, 0) is 19.1 Å². The first kappa shape index (κ1) is 14.4. The summed E-state index contributed by atoms with van der Waals surface area (Å²) in [5, 5.41) is 5.68. The number of pyridine rings is 1. The molecule has 0 spiro atoms. The van der Waals surface area contributed by atoms with E-state index in [2.05, 4.69) is 15.3 Å². The van der Waals surface area contributed by atoms with Crippen LogP contribution in [0.2, 0.25) is 0 Å². The number of amides is 1. The molecular formula is C13H15FN4OS. The van der Waals surface area contributed by atoms with Crippen molar-refractivity contribution in [3.63, 3.8) is 0 Å². The van der Waals surface area contributed by atoms with E-state index in [0.29, 0.717) is 18.2 Å². The molecule has 0 aliphatic carbocycles. The van der Waals surface area contributed by atoms with E-state index in [1.54, 1.807) is 11.0 Å². The molecule has 2 heterocycles. The Bertz CT molecular complexity index is 584. The Hall–Kier alpha value is -2.02. The molecule has 0 radical (unpaired) electrons. The van der Waals surface area contributed by atoms with Crippen LogP contribution in [-0.4, -0.2) is 22.4 Å². The number of hydrogen-bond donors (Lipinski definition) is 1. The van der Waals surface area contributed by atoms with Crippen LogP contribution in [0.3, 0.4) is 0 Å². The van der Waals surface area contributed by atoms with Crippen LogP contribution in [0.5, 0.6) is 0 Å². The fourth-order valence-corrected chi connectivity index (χ4v) is 2.60. The van der Waals surface area contributed by atoms with Crippen molar-refractivity contribution >= 4 is 28.1 Å². The molecule has 5 nitrogen and oxygen atoms in total. The first-order valence-electron chi connectivity index (χ1n) is 6.18. The van der Waals surface area contributed by atoms with Gasteiger partial charge in [-0.3, -0.25) is 9.69 Å². The Labute approximate surface area is 120 Å². The lowest BCUT2D eigenvalue weighted by Gasteiger charge is -2.14. The maximum absolute atomic E-state index is 12.7. The molecule has 0 unspecified atom stereocenters. The normalized spacial score (nSPS) is 10.3. The molecule has 1 N–H and O–H groups in total. The van der Waals surface area contributed by atoms with Gasteiger partial charge in [0, 0.05) is 18.8 Å². The number of nitrogens with zero attached hydrogens (tertiary/aromatic N) is 3. The number of hydrogen-bond acceptors (Lipinski definition) is 5. The highest BCUT2D eigenvalue weighted by atomic mass is 32.1. The number of carbonyl (C=O) groups is 1. The maximum Gasteiger partial charge on any atom is 0.225 e. The Morgan fingerprint density at radius 3 is 2.90 bits per heavy atom. The van der Waals surface area contributed by atoms with Crippen LogP contribution in [0.1, 0.15) is 19.5 Å². The van der Waals surface area contributed by atoms with E-state index in [9.17, 15) is 9.18 Å². The Morgan fingerprint density at radius 2 is 2.30 bits per heavy atom. The maximum atomic E-state index is 12.7. The molecule has 2 rings (SSSR count). The quantitative estimate of drug-likeness (QED) is 0.861. The summed E-state index contributed by atoms with van der Waals surface area (Å²) < 4.78 is 12.7. The molecule has 0 aliphatic heterocycles. The number of carbonyl (C=O) groups excluding carboxylic acids is 1. The summed E-state index contributed by atoms with van der Waals surface area (Å²) in [6.07, 6.45) is 1.43. The zero-order valence-electron chi connectivity index (χ0n) is 11.3. The second-order valence-electron chi connectivity index (χ2n) is 4.11. The van der Waals surface area contributed by atoms with Gasteiger partial charge in [0.1, 0.15) is 0 Å². The van der Waals surface area contributed by atoms with Gasteiger partial charge in [0.15, 0.2) is 5.13 Å². The predicted octanol–water partition coefficient (Wildman–Crippen LogP) is 2.66. The van der Waals surface area contributed by atoms with Crippen molar-refractivity contribution in [2.75, 3.05) is 16.8 Å². The Morgan fingerprint density at radius 1 is 1.50 bits per heavy atom. The minimum atomic E-state index is -0.508. The van der Waals surface area contributed by atoms with E-state index >= 15 is 0 Å². The van der Waals surface area contributed by atoms with Crippen molar-refractivity contribution in [2.24, 2.45) is 0 Å². The largest absolute Gasteiger partial charge is 0.378 e. The standard InChI is InChI=1S/C13H15FN4OS/c1-3-18(9(2)19)13-17-11(8-20-13)7-15-10-4-5-12(14)16-6-10/h4-6,8,15H,3,7H2,1-2H3. The lowest BCUT2D eigenvalue weighted by atomic mass is 10.4. The van der Waals surface area contributed by atoms with Crippen molar-refractivity contribution < 1.29 is 9.18 Å². The summed E-state index contributed by atoms with van der Waals surface area (Å²) in [4.78, 5) is 21.0. The van der Waals surface area contributed by atoms with E-state index in [1.807, 2.05) is 12.3 Å². The third-order valence-electron chi connectivity index (χ3n) is 2.67. The van der Waals surface area contributed by atoms with Gasteiger partial charge in [-0.1, -0.05) is 0 Å². The first-order chi connectivity index (χ1) is 9.60. The van der Waals surface area contributed by atoms with Crippen molar-refractivity contribution in [2.45, 2.75) is 20.4 Å². The van der Waals surface area contributed by atoms with Crippen molar-refractivity contribution in [3.05, 3.63) is 35.4 Å². The van der Waals surface area contributed by atoms with Crippen LogP contribution < -0.4 is 10.2 Å². The van der Waals surface area contributed by atoms with Crippen molar-refractivity contribution in [1.82, 2.24) is 9.97 Å². The molecule has 0 saturated carbocycles. The molecule has 7 heteroatoms. The number of thiazole rings is 1. The highest BCUT2D eigenvalue weighted by Crippen LogP contribution is 2.21. The summed E-state index contributed by atoms with van der Waals surface area (Å²) >= 11 is 1.43. The van der Waals surface area contributed by atoms with Crippen LogP contribution in [-0.2, 0) is 11.3 Å². The molecule has 0 atom stereocenters. The predicted molar refractivity (Wildman–Crippen MR) is 77.3 cm³/mol. The Kier molecular flexibility index (Phi) is 4.62. The Balaban J connectivity index is 1.99. The zero-order valence-corrected chi connectivity index (χ0v) is 12.1. The van der Waals surface area contributed by atoms with Gasteiger partial charge in [-0.25, -0.2) is 9.97 Å². The summed E-state index contributed by atoms with van der Waals surface area (Å²) in [6.45, 7) is 4.52. The number of halogens is 1. The van der Waals surface area contributed by atoms with Crippen molar-refractivity contribution in [3.8, 4) is 0 Å². The van der Waals surface area contributed by atoms with Crippen LogP contribution in [0.15, 0.2) is 23.7 Å². The lowest BCUT2D eigenvalue weighted by molar-refractivity contribution is -0.116. The second-order valence-corrected chi connectivity index (χ2v) is 4.94. The second kappa shape index (κ2) is 6.42. The van der Waals surface area contributed by atoms with Gasteiger partial charge >= 0.3 is 0 Å². The molecule has 0 bridgehead atoms. The minimum absolute atomic E-state index is 0.0240. The monoisotopic (exact) mass is 294 g/mol. The average Bonchev–Trinajstić information content (AvgIpc) is 2.87. The molecule has 0 saturated heterocycles. The summed E-state index contributed by atoms with van der Waals surface area (Å²) in [5.41, 5.74) is 1.55. The van der Waals surface area contributed by atoms with Gasteiger partial charge in [-0.2, -0.15) is 4.39 Å².